The first-order valence-corrected chi connectivity index (χ1v) is 5.18. The average Bonchev–Trinajstić information content (AvgIpc) is 3.02. The first-order chi connectivity index (χ1) is 7.15. The van der Waals surface area contributed by atoms with Gasteiger partial charge < -0.3 is 24.4 Å². The number of aliphatic hydroxyl groups excluding tert-OH is 2. The number of rotatable bonds is 3. The van der Waals surface area contributed by atoms with E-state index in [1.54, 1.807) is 0 Å². The number of ether oxygens (including phenoxy) is 3. The number of methoxy groups -OCH3 is 2. The molecule has 2 N–H and O–H groups in total. The maximum atomic E-state index is 9.96. The van der Waals surface area contributed by atoms with Crippen LogP contribution in [0.2, 0.25) is 0 Å². The van der Waals surface area contributed by atoms with E-state index in [2.05, 4.69) is 0 Å². The highest BCUT2D eigenvalue weighted by molar-refractivity contribution is 5.10. The molecule has 3 atom stereocenters. The SMILES string of the molecule is COC1(OC)[C@H](O)CCC2(CO2)[C@H]1CO. The van der Waals surface area contributed by atoms with Crippen molar-refractivity contribution in [3.63, 3.8) is 0 Å². The molecule has 0 bridgehead atoms. The second kappa shape index (κ2) is 3.68. The monoisotopic (exact) mass is 218 g/mol. The Labute approximate surface area is 88.9 Å². The van der Waals surface area contributed by atoms with Crippen molar-refractivity contribution in [1.29, 1.82) is 0 Å². The second-order valence-electron chi connectivity index (χ2n) is 4.27. The highest BCUT2D eigenvalue weighted by Crippen LogP contribution is 2.51. The summed E-state index contributed by atoms with van der Waals surface area (Å²) in [6, 6.07) is 0. The van der Waals surface area contributed by atoms with Gasteiger partial charge in [0, 0.05) is 14.2 Å². The van der Waals surface area contributed by atoms with Gasteiger partial charge in [-0.05, 0) is 12.8 Å². The number of epoxide rings is 1. The van der Waals surface area contributed by atoms with Crippen LogP contribution in [0.5, 0.6) is 0 Å². The van der Waals surface area contributed by atoms with Crippen LogP contribution in [0.15, 0.2) is 0 Å². The van der Waals surface area contributed by atoms with Gasteiger partial charge >= 0.3 is 0 Å². The highest BCUT2D eigenvalue weighted by Gasteiger charge is 2.65. The van der Waals surface area contributed by atoms with Gasteiger partial charge in [0.15, 0.2) is 0 Å². The lowest BCUT2D eigenvalue weighted by molar-refractivity contribution is -0.315. The summed E-state index contributed by atoms with van der Waals surface area (Å²) >= 11 is 0. The van der Waals surface area contributed by atoms with Crippen LogP contribution in [-0.2, 0) is 14.2 Å². The molecular formula is C10H18O5. The summed E-state index contributed by atoms with van der Waals surface area (Å²) in [6.45, 7) is 0.498. The Kier molecular flexibility index (Phi) is 2.77. The molecule has 1 spiro atoms. The van der Waals surface area contributed by atoms with Gasteiger partial charge in [0.25, 0.3) is 0 Å². The maximum absolute atomic E-state index is 9.96. The zero-order chi connectivity index (χ0) is 11.1. The minimum absolute atomic E-state index is 0.112. The van der Waals surface area contributed by atoms with Crippen molar-refractivity contribution in [2.24, 2.45) is 5.92 Å². The van der Waals surface area contributed by atoms with Crippen LogP contribution in [0.25, 0.3) is 0 Å². The largest absolute Gasteiger partial charge is 0.396 e. The fraction of sp³-hybridized carbons (Fsp3) is 1.00. The lowest BCUT2D eigenvalue weighted by Crippen LogP contribution is -2.61. The molecule has 0 aromatic heterocycles. The van der Waals surface area contributed by atoms with Crippen LogP contribution in [0.3, 0.4) is 0 Å². The smallest absolute Gasteiger partial charge is 0.201 e. The van der Waals surface area contributed by atoms with Crippen molar-refractivity contribution in [3.05, 3.63) is 0 Å². The van der Waals surface area contributed by atoms with Gasteiger partial charge in [0.05, 0.1) is 19.1 Å². The zero-order valence-electron chi connectivity index (χ0n) is 9.10. The normalized spacial score (nSPS) is 43.2. The predicted octanol–water partition coefficient (Wildman–Crippen LogP) is -0.492. The van der Waals surface area contributed by atoms with Gasteiger partial charge in [-0.2, -0.15) is 0 Å². The quantitative estimate of drug-likeness (QED) is 0.494. The summed E-state index contributed by atoms with van der Waals surface area (Å²) < 4.78 is 16.0. The standard InChI is InChI=1S/C10H18O5/c1-13-10(14-2)7(5-11)9(6-15-9)4-3-8(10)12/h7-8,11-12H,3-6H2,1-2H3/t7-,8-,9?/m1/s1. The molecule has 0 aromatic rings. The van der Waals surface area contributed by atoms with Gasteiger partial charge in [-0.25, -0.2) is 0 Å². The van der Waals surface area contributed by atoms with Crippen molar-refractivity contribution < 1.29 is 24.4 Å². The Morgan fingerprint density at radius 2 is 2.00 bits per heavy atom. The fourth-order valence-corrected chi connectivity index (χ4v) is 2.73. The van der Waals surface area contributed by atoms with E-state index in [4.69, 9.17) is 14.2 Å². The molecular weight excluding hydrogens is 200 g/mol. The molecule has 15 heavy (non-hydrogen) atoms. The molecule has 0 aromatic carbocycles. The molecule has 1 unspecified atom stereocenters. The van der Waals surface area contributed by atoms with Crippen LogP contribution < -0.4 is 0 Å². The van der Waals surface area contributed by atoms with Crippen LogP contribution in [-0.4, -0.2) is 55.1 Å². The van der Waals surface area contributed by atoms with E-state index in [1.165, 1.54) is 14.2 Å². The molecule has 1 heterocycles. The lowest BCUT2D eigenvalue weighted by Gasteiger charge is -2.47. The molecule has 2 rings (SSSR count). The third-order valence-corrected chi connectivity index (χ3v) is 3.76. The Morgan fingerprint density at radius 3 is 2.40 bits per heavy atom. The van der Waals surface area contributed by atoms with Crippen molar-refractivity contribution in [2.45, 2.75) is 30.3 Å². The predicted molar refractivity (Wildman–Crippen MR) is 51.2 cm³/mol. The van der Waals surface area contributed by atoms with E-state index >= 15 is 0 Å². The molecule has 2 fully saturated rings. The molecule has 2 aliphatic rings. The topological polar surface area (TPSA) is 71.5 Å². The molecule has 5 heteroatoms. The third-order valence-electron chi connectivity index (χ3n) is 3.76. The van der Waals surface area contributed by atoms with E-state index in [-0.39, 0.29) is 18.1 Å². The van der Waals surface area contributed by atoms with Crippen molar-refractivity contribution >= 4 is 0 Å². The first-order valence-electron chi connectivity index (χ1n) is 5.18. The average molecular weight is 218 g/mol. The molecule has 5 nitrogen and oxygen atoms in total. The third kappa shape index (κ3) is 1.42. The van der Waals surface area contributed by atoms with Crippen LogP contribution in [0.1, 0.15) is 12.8 Å². The number of hydrogen-bond acceptors (Lipinski definition) is 5. The van der Waals surface area contributed by atoms with E-state index in [9.17, 15) is 10.2 Å². The van der Waals surface area contributed by atoms with Crippen molar-refractivity contribution in [2.75, 3.05) is 27.4 Å². The molecule has 1 aliphatic heterocycles. The van der Waals surface area contributed by atoms with Crippen molar-refractivity contribution in [1.82, 2.24) is 0 Å². The lowest BCUT2D eigenvalue weighted by atomic mass is 9.73. The van der Waals surface area contributed by atoms with Crippen molar-refractivity contribution in [3.8, 4) is 0 Å². The summed E-state index contributed by atoms with van der Waals surface area (Å²) in [4.78, 5) is 0. The van der Waals surface area contributed by atoms with Crippen LogP contribution in [0.4, 0.5) is 0 Å². The minimum Gasteiger partial charge on any atom is -0.396 e. The van der Waals surface area contributed by atoms with Gasteiger partial charge in [-0.3, -0.25) is 0 Å². The molecule has 88 valence electrons. The van der Waals surface area contributed by atoms with E-state index in [0.717, 1.165) is 6.42 Å². The summed E-state index contributed by atoms with van der Waals surface area (Å²) in [5.74, 6) is -1.47. The first kappa shape index (κ1) is 11.3. The Bertz CT molecular complexity index is 234. The summed E-state index contributed by atoms with van der Waals surface area (Å²) in [6.07, 6.45) is 0.589. The number of hydrogen-bond donors (Lipinski definition) is 2. The van der Waals surface area contributed by atoms with Crippen LogP contribution in [0, 0.1) is 5.92 Å². The molecule has 0 radical (unpaired) electrons. The Hall–Kier alpha value is -0.200. The van der Waals surface area contributed by atoms with Crippen LogP contribution >= 0.6 is 0 Å². The van der Waals surface area contributed by atoms with Gasteiger partial charge in [0.1, 0.15) is 11.7 Å². The zero-order valence-corrected chi connectivity index (χ0v) is 9.10. The maximum Gasteiger partial charge on any atom is 0.201 e. The second-order valence-corrected chi connectivity index (χ2v) is 4.27. The van der Waals surface area contributed by atoms with E-state index in [1.807, 2.05) is 0 Å². The summed E-state index contributed by atoms with van der Waals surface area (Å²) in [5, 5.41) is 19.4. The Balaban J connectivity index is 2.29. The van der Waals surface area contributed by atoms with Gasteiger partial charge in [-0.1, -0.05) is 0 Å². The molecule has 1 aliphatic carbocycles. The summed E-state index contributed by atoms with van der Waals surface area (Å²) in [7, 11) is 2.97. The minimum atomic E-state index is -1.14. The summed E-state index contributed by atoms with van der Waals surface area (Å²) in [5.41, 5.74) is -0.347. The molecule has 1 saturated heterocycles. The molecule has 0 amide bonds. The highest BCUT2D eigenvalue weighted by atomic mass is 16.7. The van der Waals surface area contributed by atoms with E-state index < -0.39 is 11.9 Å². The van der Waals surface area contributed by atoms with E-state index in [0.29, 0.717) is 13.0 Å². The van der Waals surface area contributed by atoms with Gasteiger partial charge in [0.2, 0.25) is 5.79 Å². The van der Waals surface area contributed by atoms with Gasteiger partial charge in [-0.15, -0.1) is 0 Å². The Morgan fingerprint density at radius 1 is 1.40 bits per heavy atom. The number of aliphatic hydroxyl groups is 2. The molecule has 1 saturated carbocycles. The fourth-order valence-electron chi connectivity index (χ4n) is 2.73.